The van der Waals surface area contributed by atoms with Gasteiger partial charge in [0.1, 0.15) is 4.60 Å². The van der Waals surface area contributed by atoms with Gasteiger partial charge in [0.05, 0.1) is 25.5 Å². The molecule has 0 spiro atoms. The van der Waals surface area contributed by atoms with Gasteiger partial charge >= 0.3 is 5.76 Å². The Morgan fingerprint density at radius 3 is 2.74 bits per heavy atom. The zero-order valence-electron chi connectivity index (χ0n) is 17.3. The molecule has 1 aromatic carbocycles. The molecule has 0 aliphatic rings. The third-order valence-electron chi connectivity index (χ3n) is 4.65. The summed E-state index contributed by atoms with van der Waals surface area (Å²) >= 11 is 3.34. The highest BCUT2D eigenvalue weighted by Crippen LogP contribution is 2.20. The number of benzene rings is 1. The van der Waals surface area contributed by atoms with E-state index in [9.17, 15) is 4.79 Å². The largest absolute Gasteiger partial charge is 0.490 e. The molecule has 0 saturated carbocycles. The van der Waals surface area contributed by atoms with Crippen LogP contribution in [0, 0.1) is 0 Å². The van der Waals surface area contributed by atoms with Crippen LogP contribution in [0.15, 0.2) is 62.6 Å². The average Bonchev–Trinajstić information content (AvgIpc) is 3.06. The highest BCUT2D eigenvalue weighted by atomic mass is 79.9. The van der Waals surface area contributed by atoms with Crippen LogP contribution in [-0.2, 0) is 6.54 Å². The van der Waals surface area contributed by atoms with Crippen molar-refractivity contribution >= 4 is 27.2 Å². The second kappa shape index (κ2) is 9.40. The van der Waals surface area contributed by atoms with Crippen molar-refractivity contribution in [1.82, 2.24) is 24.4 Å². The van der Waals surface area contributed by atoms with Crippen molar-refractivity contribution < 1.29 is 9.15 Å². The molecule has 4 rings (SSSR count). The summed E-state index contributed by atoms with van der Waals surface area (Å²) in [4.78, 5) is 27.6. The lowest BCUT2D eigenvalue weighted by Crippen LogP contribution is -2.15. The number of ether oxygens (including phenoxy) is 1. The number of rotatable bonds is 8. The van der Waals surface area contributed by atoms with Gasteiger partial charge in [-0.2, -0.15) is 0 Å². The van der Waals surface area contributed by atoms with Gasteiger partial charge in [0.25, 0.3) is 0 Å². The van der Waals surface area contributed by atoms with Crippen LogP contribution < -0.4 is 10.5 Å². The van der Waals surface area contributed by atoms with Crippen molar-refractivity contribution in [2.75, 3.05) is 27.2 Å². The van der Waals surface area contributed by atoms with Gasteiger partial charge in [0.2, 0.25) is 0 Å². The average molecular weight is 484 g/mol. The van der Waals surface area contributed by atoms with E-state index in [0.717, 1.165) is 24.1 Å². The van der Waals surface area contributed by atoms with Crippen molar-refractivity contribution in [2.45, 2.75) is 13.0 Å². The zero-order valence-corrected chi connectivity index (χ0v) is 18.9. The Hall–Kier alpha value is -3.04. The molecule has 9 heteroatoms. The fourth-order valence-corrected chi connectivity index (χ4v) is 3.46. The van der Waals surface area contributed by atoms with E-state index in [-0.39, 0.29) is 0 Å². The zero-order chi connectivity index (χ0) is 21.8. The molecule has 0 atom stereocenters. The summed E-state index contributed by atoms with van der Waals surface area (Å²) in [7, 11) is 4.07. The van der Waals surface area contributed by atoms with Gasteiger partial charge in [-0.15, -0.1) is 0 Å². The number of fused-ring (bicyclic) bond motifs is 1. The Morgan fingerprint density at radius 1 is 1.16 bits per heavy atom. The SMILES string of the molecule is CN(C)CCCOc1cnc(-c2cccc(Cn3c(=O)oc4ccc(Br)nc43)c2)nc1. The number of hydrogen-bond donors (Lipinski definition) is 0. The summed E-state index contributed by atoms with van der Waals surface area (Å²) in [6.07, 6.45) is 4.30. The molecule has 0 saturated heterocycles. The lowest BCUT2D eigenvalue weighted by molar-refractivity contribution is 0.280. The number of halogens is 1. The van der Waals surface area contributed by atoms with Gasteiger partial charge in [0, 0.05) is 12.1 Å². The highest BCUT2D eigenvalue weighted by Gasteiger charge is 2.12. The Labute approximate surface area is 187 Å². The van der Waals surface area contributed by atoms with Crippen molar-refractivity contribution in [2.24, 2.45) is 0 Å². The molecule has 3 heterocycles. The molecule has 0 N–H and O–H groups in total. The van der Waals surface area contributed by atoms with Crippen LogP contribution in [0.1, 0.15) is 12.0 Å². The van der Waals surface area contributed by atoms with Gasteiger partial charge in [-0.05, 0) is 60.2 Å². The Kier molecular flexibility index (Phi) is 6.43. The number of pyridine rings is 1. The summed E-state index contributed by atoms with van der Waals surface area (Å²) < 4.78 is 13.1. The van der Waals surface area contributed by atoms with E-state index in [1.165, 1.54) is 4.57 Å². The van der Waals surface area contributed by atoms with Crippen LogP contribution in [0.2, 0.25) is 0 Å². The van der Waals surface area contributed by atoms with Crippen LogP contribution in [0.4, 0.5) is 0 Å². The minimum absolute atomic E-state index is 0.330. The Balaban J connectivity index is 1.50. The third kappa shape index (κ3) is 5.18. The van der Waals surface area contributed by atoms with Crippen molar-refractivity contribution in [3.63, 3.8) is 0 Å². The van der Waals surface area contributed by atoms with E-state index >= 15 is 0 Å². The first-order valence-corrected chi connectivity index (χ1v) is 10.6. The van der Waals surface area contributed by atoms with Gasteiger partial charge in [0.15, 0.2) is 22.8 Å². The molecular weight excluding hydrogens is 462 g/mol. The molecule has 31 heavy (non-hydrogen) atoms. The number of hydrogen-bond acceptors (Lipinski definition) is 7. The molecule has 0 aliphatic heterocycles. The molecular formula is C22H22BrN5O3. The molecule has 0 aliphatic carbocycles. The van der Waals surface area contributed by atoms with E-state index in [0.29, 0.717) is 40.6 Å². The lowest BCUT2D eigenvalue weighted by Gasteiger charge is -2.10. The standard InChI is InChI=1S/C22H22BrN5O3/c1-27(2)9-4-10-30-17-12-24-20(25-13-17)16-6-3-5-15(11-16)14-28-21-18(31-22(28)29)7-8-19(23)26-21/h3,5-8,11-13H,4,9-10,14H2,1-2H3. The summed E-state index contributed by atoms with van der Waals surface area (Å²) in [5, 5.41) is 0. The summed E-state index contributed by atoms with van der Waals surface area (Å²) in [6, 6.07) is 11.2. The topological polar surface area (TPSA) is 86.3 Å². The van der Waals surface area contributed by atoms with Crippen LogP contribution in [0.25, 0.3) is 22.6 Å². The summed E-state index contributed by atoms with van der Waals surface area (Å²) in [5.74, 6) is 0.789. The normalized spacial score (nSPS) is 11.4. The number of aromatic nitrogens is 4. The van der Waals surface area contributed by atoms with Crippen molar-refractivity contribution in [3.8, 4) is 17.1 Å². The van der Waals surface area contributed by atoms with E-state index < -0.39 is 5.76 Å². The molecule has 0 amide bonds. The lowest BCUT2D eigenvalue weighted by atomic mass is 10.1. The second-order valence-corrected chi connectivity index (χ2v) is 8.17. The van der Waals surface area contributed by atoms with Crippen LogP contribution >= 0.6 is 15.9 Å². The fourth-order valence-electron chi connectivity index (χ4n) is 3.16. The predicted octanol–water partition coefficient (Wildman–Crippen LogP) is 3.59. The molecule has 0 fully saturated rings. The first kappa shape index (κ1) is 21.2. The highest BCUT2D eigenvalue weighted by molar-refractivity contribution is 9.10. The first-order valence-electron chi connectivity index (χ1n) is 9.84. The molecule has 0 unspecified atom stereocenters. The summed E-state index contributed by atoms with van der Waals surface area (Å²) in [6.45, 7) is 1.91. The van der Waals surface area contributed by atoms with E-state index in [4.69, 9.17) is 9.15 Å². The maximum Gasteiger partial charge on any atom is 0.421 e. The third-order valence-corrected chi connectivity index (χ3v) is 5.09. The van der Waals surface area contributed by atoms with Crippen molar-refractivity contribution in [3.05, 3.63) is 69.5 Å². The van der Waals surface area contributed by atoms with Crippen LogP contribution in [0.3, 0.4) is 0 Å². The molecule has 0 radical (unpaired) electrons. The molecule has 0 bridgehead atoms. The van der Waals surface area contributed by atoms with Crippen LogP contribution in [0.5, 0.6) is 5.75 Å². The van der Waals surface area contributed by atoms with Gasteiger partial charge < -0.3 is 14.1 Å². The molecule has 3 aromatic heterocycles. The number of oxazole rings is 1. The van der Waals surface area contributed by atoms with E-state index in [2.05, 4.69) is 35.8 Å². The molecule has 160 valence electrons. The maximum absolute atomic E-state index is 12.3. The second-order valence-electron chi connectivity index (χ2n) is 7.36. The quantitative estimate of drug-likeness (QED) is 0.279. The predicted molar refractivity (Wildman–Crippen MR) is 121 cm³/mol. The monoisotopic (exact) mass is 483 g/mol. The van der Waals surface area contributed by atoms with Gasteiger partial charge in [-0.1, -0.05) is 18.2 Å². The van der Waals surface area contributed by atoms with E-state index in [1.807, 2.05) is 38.4 Å². The van der Waals surface area contributed by atoms with E-state index in [1.54, 1.807) is 24.5 Å². The number of nitrogens with zero attached hydrogens (tertiary/aromatic N) is 5. The fraction of sp³-hybridized carbons (Fsp3) is 0.273. The Bertz CT molecular complexity index is 1230. The molecule has 4 aromatic rings. The first-order chi connectivity index (χ1) is 15.0. The summed E-state index contributed by atoms with van der Waals surface area (Å²) in [5.41, 5.74) is 2.72. The van der Waals surface area contributed by atoms with Gasteiger partial charge in [-0.25, -0.2) is 19.7 Å². The maximum atomic E-state index is 12.3. The van der Waals surface area contributed by atoms with Crippen molar-refractivity contribution in [1.29, 1.82) is 0 Å². The van der Waals surface area contributed by atoms with Crippen LogP contribution in [-0.4, -0.2) is 51.7 Å². The Morgan fingerprint density at radius 2 is 1.97 bits per heavy atom. The van der Waals surface area contributed by atoms with Gasteiger partial charge in [-0.3, -0.25) is 4.57 Å². The molecule has 8 nitrogen and oxygen atoms in total. The smallest absolute Gasteiger partial charge is 0.421 e. The minimum atomic E-state index is -0.446. The minimum Gasteiger partial charge on any atom is -0.490 e.